The lowest BCUT2D eigenvalue weighted by molar-refractivity contribution is 0.0800. The van der Waals surface area contributed by atoms with Gasteiger partial charge in [-0.2, -0.15) is 0 Å². The second-order valence-corrected chi connectivity index (χ2v) is 15.0. The van der Waals surface area contributed by atoms with Gasteiger partial charge in [-0.1, -0.05) is 51.1 Å². The van der Waals surface area contributed by atoms with Crippen LogP contribution in [0.1, 0.15) is 76.7 Å². The molecule has 8 nitrogen and oxygen atoms in total. The van der Waals surface area contributed by atoms with E-state index in [1.165, 1.54) is 16.4 Å². The summed E-state index contributed by atoms with van der Waals surface area (Å²) in [5, 5.41) is 20.8. The van der Waals surface area contributed by atoms with E-state index in [9.17, 15) is 19.0 Å². The molecule has 1 heterocycles. The quantitative estimate of drug-likeness (QED) is 0.178. The number of carbonyl (C=O) groups is 1. The number of aliphatic hydroxyl groups is 1. The Balaban J connectivity index is 1.90. The average Bonchev–Trinajstić information content (AvgIpc) is 2.87. The smallest absolute Gasteiger partial charge is 0.254 e. The van der Waals surface area contributed by atoms with E-state index >= 15 is 4.39 Å². The molecule has 1 saturated heterocycles. The van der Waals surface area contributed by atoms with Crippen molar-refractivity contribution in [2.75, 3.05) is 35.0 Å². The van der Waals surface area contributed by atoms with E-state index in [2.05, 4.69) is 50.6 Å². The minimum Gasteiger partial charge on any atom is -0.390 e. The number of carbonyl (C=O) groups excluding carboxylic acids is 1. The normalized spacial score (nSPS) is 18.0. The predicted molar refractivity (Wildman–Crippen MR) is 168 cm³/mol. The van der Waals surface area contributed by atoms with Crippen LogP contribution < -0.4 is 20.3 Å². The zero-order valence-electron chi connectivity index (χ0n) is 25.3. The monoisotopic (exact) mass is 592 g/mol. The van der Waals surface area contributed by atoms with Crippen LogP contribution in [-0.2, 0) is 6.42 Å². The van der Waals surface area contributed by atoms with Crippen molar-refractivity contribution >= 4 is 28.1 Å². The molecule has 0 aromatic heterocycles. The molecule has 2 atom stereocenters. The topological polar surface area (TPSA) is 117 Å². The van der Waals surface area contributed by atoms with Gasteiger partial charge in [-0.3, -0.25) is 18.2 Å². The van der Waals surface area contributed by atoms with Crippen molar-refractivity contribution in [2.24, 2.45) is 5.41 Å². The van der Waals surface area contributed by atoms with Gasteiger partial charge in [0.15, 0.2) is 5.82 Å². The highest BCUT2D eigenvalue weighted by molar-refractivity contribution is 8.25. The van der Waals surface area contributed by atoms with Crippen LogP contribution in [0.2, 0.25) is 0 Å². The standard InChI is InChI=1S/C31H49FN4O4S/c1-7-33-23-18-24(28(32)26(19-23)36-15-11-12-16-41(36,39)40)29(38)35-25(17-22-13-9-8-10-14-22)27(37)20-34-31(5,6)21-30(2,3)4/h8-10,13-14,18-19,25,27,33-34,37,39-40H,7,11-12,15-17,20-21H2,1-6H3,(H,35,38). The lowest BCUT2D eigenvalue weighted by Gasteiger charge is -2.47. The Kier molecular flexibility index (Phi) is 11.1. The van der Waals surface area contributed by atoms with E-state index in [1.807, 2.05) is 37.3 Å². The molecule has 6 N–H and O–H groups in total. The zero-order valence-corrected chi connectivity index (χ0v) is 26.2. The summed E-state index contributed by atoms with van der Waals surface area (Å²) in [5.74, 6) is -1.34. The van der Waals surface area contributed by atoms with Gasteiger partial charge in [-0.25, -0.2) is 4.39 Å². The van der Waals surface area contributed by atoms with E-state index < -0.39 is 34.6 Å². The molecule has 3 rings (SSSR count). The Morgan fingerprint density at radius 1 is 1.10 bits per heavy atom. The highest BCUT2D eigenvalue weighted by Crippen LogP contribution is 2.51. The van der Waals surface area contributed by atoms with Crippen LogP contribution in [0, 0.1) is 11.2 Å². The maximum absolute atomic E-state index is 16.0. The largest absolute Gasteiger partial charge is 0.390 e. The first-order chi connectivity index (χ1) is 19.1. The molecule has 2 unspecified atom stereocenters. The molecule has 10 heteroatoms. The fraction of sp³-hybridized carbons (Fsp3) is 0.581. The number of β-amino-alcohol motifs (C(OH)–C–C–N with tert-alkyl or cyclic N) is 1. The van der Waals surface area contributed by atoms with Gasteiger partial charge >= 0.3 is 0 Å². The number of halogens is 1. The Labute approximate surface area is 246 Å². The molecule has 0 radical (unpaired) electrons. The van der Waals surface area contributed by atoms with Crippen molar-refractivity contribution in [1.82, 2.24) is 10.6 Å². The SMILES string of the molecule is CCNc1cc(C(=O)NC(Cc2ccccc2)C(O)CNC(C)(C)CC(C)(C)C)c(F)c(N2CCCCS2(O)O)c1. The third-order valence-corrected chi connectivity index (χ3v) is 9.09. The summed E-state index contributed by atoms with van der Waals surface area (Å²) in [6, 6.07) is 11.8. The number of rotatable bonds is 12. The number of anilines is 2. The van der Waals surface area contributed by atoms with Crippen molar-refractivity contribution in [3.8, 4) is 0 Å². The van der Waals surface area contributed by atoms with E-state index in [-0.39, 0.29) is 41.0 Å². The predicted octanol–water partition coefficient (Wildman–Crippen LogP) is 6.03. The summed E-state index contributed by atoms with van der Waals surface area (Å²) in [5.41, 5.74) is 1.03. The molecular weight excluding hydrogens is 543 g/mol. The van der Waals surface area contributed by atoms with Crippen molar-refractivity contribution < 1.29 is 23.4 Å². The molecule has 1 aliphatic rings. The molecule has 0 bridgehead atoms. The first kappa shape index (κ1) is 33.1. The summed E-state index contributed by atoms with van der Waals surface area (Å²) >= 11 is 0. The molecule has 2 aromatic rings. The lowest BCUT2D eigenvalue weighted by Crippen LogP contribution is -2.53. The fourth-order valence-electron chi connectivity index (χ4n) is 5.66. The van der Waals surface area contributed by atoms with Gasteiger partial charge in [0.05, 0.1) is 29.1 Å². The van der Waals surface area contributed by atoms with E-state index in [1.54, 1.807) is 0 Å². The summed E-state index contributed by atoms with van der Waals surface area (Å²) in [6.07, 6.45) is 1.60. The number of hydrogen-bond acceptors (Lipinski definition) is 7. The molecule has 0 aliphatic carbocycles. The Morgan fingerprint density at radius 2 is 1.78 bits per heavy atom. The summed E-state index contributed by atoms with van der Waals surface area (Å²) in [4.78, 5) is 13.7. The minimum absolute atomic E-state index is 0.0148. The minimum atomic E-state index is -3.20. The highest BCUT2D eigenvalue weighted by atomic mass is 32.3. The molecule has 0 saturated carbocycles. The third-order valence-electron chi connectivity index (χ3n) is 7.17. The molecule has 1 fully saturated rings. The number of hydrogen-bond donors (Lipinski definition) is 6. The molecule has 2 aromatic carbocycles. The number of benzene rings is 2. The van der Waals surface area contributed by atoms with Crippen LogP contribution in [0.3, 0.4) is 0 Å². The van der Waals surface area contributed by atoms with E-state index in [4.69, 9.17) is 0 Å². The summed E-state index contributed by atoms with van der Waals surface area (Å²) in [6.45, 7) is 13.6. The van der Waals surface area contributed by atoms with Gasteiger partial charge in [-0.15, -0.1) is 10.8 Å². The van der Waals surface area contributed by atoms with Crippen LogP contribution >= 0.6 is 10.8 Å². The van der Waals surface area contributed by atoms with Gasteiger partial charge < -0.3 is 21.1 Å². The van der Waals surface area contributed by atoms with Crippen LogP contribution in [0.25, 0.3) is 0 Å². The third kappa shape index (κ3) is 9.58. The van der Waals surface area contributed by atoms with Crippen molar-refractivity contribution in [3.05, 3.63) is 59.4 Å². The van der Waals surface area contributed by atoms with E-state index in [0.29, 0.717) is 31.5 Å². The fourth-order valence-corrected chi connectivity index (χ4v) is 7.34. The summed E-state index contributed by atoms with van der Waals surface area (Å²) < 4.78 is 38.6. The molecule has 230 valence electrons. The van der Waals surface area contributed by atoms with Crippen LogP contribution in [0.4, 0.5) is 15.8 Å². The van der Waals surface area contributed by atoms with Gasteiger partial charge in [0.25, 0.3) is 5.91 Å². The van der Waals surface area contributed by atoms with Crippen LogP contribution in [0.5, 0.6) is 0 Å². The van der Waals surface area contributed by atoms with Crippen LogP contribution in [0.15, 0.2) is 42.5 Å². The molecule has 1 amide bonds. The Hall–Kier alpha value is -2.37. The van der Waals surface area contributed by atoms with E-state index in [0.717, 1.165) is 12.0 Å². The Morgan fingerprint density at radius 3 is 2.39 bits per heavy atom. The molecule has 1 aliphatic heterocycles. The maximum atomic E-state index is 16.0. The first-order valence-corrected chi connectivity index (χ1v) is 16.2. The molecule has 41 heavy (non-hydrogen) atoms. The number of amides is 1. The number of aliphatic hydroxyl groups excluding tert-OH is 1. The zero-order chi connectivity index (χ0) is 30.4. The second-order valence-electron chi connectivity index (χ2n) is 12.9. The first-order valence-electron chi connectivity index (χ1n) is 14.5. The average molecular weight is 593 g/mol. The van der Waals surface area contributed by atoms with Gasteiger partial charge in [0, 0.05) is 30.9 Å². The Bertz CT molecular complexity index is 1160. The van der Waals surface area contributed by atoms with Crippen molar-refractivity contribution in [1.29, 1.82) is 0 Å². The van der Waals surface area contributed by atoms with Crippen molar-refractivity contribution in [2.45, 2.75) is 84.9 Å². The maximum Gasteiger partial charge on any atom is 0.254 e. The van der Waals surface area contributed by atoms with Crippen molar-refractivity contribution in [3.63, 3.8) is 0 Å². The molecular formula is C31H49FN4O4S. The summed E-state index contributed by atoms with van der Waals surface area (Å²) in [7, 11) is -3.20. The second kappa shape index (κ2) is 13.7. The number of nitrogens with one attached hydrogen (secondary N) is 3. The van der Waals surface area contributed by atoms with Gasteiger partial charge in [0.2, 0.25) is 0 Å². The number of nitrogens with zero attached hydrogens (tertiary/aromatic N) is 1. The van der Waals surface area contributed by atoms with Gasteiger partial charge in [-0.05, 0) is 69.6 Å². The van der Waals surface area contributed by atoms with Gasteiger partial charge in [0.1, 0.15) is 0 Å². The van der Waals surface area contributed by atoms with Crippen LogP contribution in [-0.4, -0.2) is 63.2 Å². The molecule has 0 spiro atoms. The highest BCUT2D eigenvalue weighted by Gasteiger charge is 2.33. The lowest BCUT2D eigenvalue weighted by atomic mass is 9.81.